The van der Waals surface area contributed by atoms with Crippen LogP contribution in [0.2, 0.25) is 0 Å². The molecular weight excluding hydrogens is 216 g/mol. The van der Waals surface area contributed by atoms with Crippen LogP contribution in [0.4, 0.5) is 0 Å². The largest absolute Gasteiger partial charge is 0.326 e. The van der Waals surface area contributed by atoms with Gasteiger partial charge >= 0.3 is 0 Å². The summed E-state index contributed by atoms with van der Waals surface area (Å²) < 4.78 is 1.57. The number of rotatable bonds is 3. The summed E-state index contributed by atoms with van der Waals surface area (Å²) in [4.78, 5) is 8.13. The summed E-state index contributed by atoms with van der Waals surface area (Å²) in [6.07, 6.45) is 3.20. The first kappa shape index (κ1) is 11.2. The molecule has 0 radical (unpaired) electrons. The summed E-state index contributed by atoms with van der Waals surface area (Å²) in [5, 5.41) is 12.8. The average Bonchev–Trinajstić information content (AvgIpc) is 2.79. The molecule has 2 rings (SSSR count). The zero-order valence-electron chi connectivity index (χ0n) is 9.35. The normalized spacial score (nSPS) is 13.9. The van der Waals surface area contributed by atoms with E-state index in [1.807, 2.05) is 31.2 Å². The molecule has 0 spiro atoms. The summed E-state index contributed by atoms with van der Waals surface area (Å²) in [5.74, 6) is 0.131. The van der Waals surface area contributed by atoms with Gasteiger partial charge in [0.15, 0.2) is 0 Å². The molecule has 0 saturated heterocycles. The molecule has 2 aromatic rings. The van der Waals surface area contributed by atoms with Crippen LogP contribution >= 0.6 is 0 Å². The first-order valence-corrected chi connectivity index (χ1v) is 5.20. The van der Waals surface area contributed by atoms with Gasteiger partial charge in [0.25, 0.3) is 5.82 Å². The van der Waals surface area contributed by atoms with Gasteiger partial charge in [-0.15, -0.1) is 5.10 Å². The highest BCUT2D eigenvalue weighted by Crippen LogP contribution is 2.17. The van der Waals surface area contributed by atoms with E-state index in [9.17, 15) is 0 Å². The van der Waals surface area contributed by atoms with Crippen LogP contribution in [0.15, 0.2) is 30.7 Å². The van der Waals surface area contributed by atoms with Crippen molar-refractivity contribution in [1.82, 2.24) is 19.7 Å². The predicted octanol–water partition coefficient (Wildman–Crippen LogP) is 0.481. The van der Waals surface area contributed by atoms with Gasteiger partial charge < -0.3 is 5.73 Å². The van der Waals surface area contributed by atoms with E-state index in [1.165, 1.54) is 6.33 Å². The van der Waals surface area contributed by atoms with Crippen molar-refractivity contribution in [3.05, 3.63) is 42.2 Å². The molecule has 6 nitrogen and oxygen atoms in total. The van der Waals surface area contributed by atoms with E-state index in [-0.39, 0.29) is 17.9 Å². The smallest absolute Gasteiger partial charge is 0.252 e. The molecule has 6 heteroatoms. The van der Waals surface area contributed by atoms with Gasteiger partial charge in [-0.2, -0.15) is 5.26 Å². The first-order valence-electron chi connectivity index (χ1n) is 5.20. The third-order valence-corrected chi connectivity index (χ3v) is 2.38. The summed E-state index contributed by atoms with van der Waals surface area (Å²) in [6.45, 7) is 1.87. The lowest BCUT2D eigenvalue weighted by Gasteiger charge is -2.19. The van der Waals surface area contributed by atoms with Crippen LogP contribution in [-0.4, -0.2) is 25.8 Å². The Balaban J connectivity index is 2.40. The molecule has 0 amide bonds. The molecule has 0 bridgehead atoms. The minimum atomic E-state index is -0.217. The third-order valence-electron chi connectivity index (χ3n) is 2.38. The minimum absolute atomic E-state index is 0.131. The highest BCUT2D eigenvalue weighted by Gasteiger charge is 2.20. The van der Waals surface area contributed by atoms with E-state index in [0.717, 1.165) is 5.69 Å². The summed E-state index contributed by atoms with van der Waals surface area (Å²) >= 11 is 0. The highest BCUT2D eigenvalue weighted by molar-refractivity contribution is 5.13. The lowest BCUT2D eigenvalue weighted by Crippen LogP contribution is -2.31. The second kappa shape index (κ2) is 4.72. The molecule has 86 valence electrons. The van der Waals surface area contributed by atoms with E-state index < -0.39 is 0 Å². The Labute approximate surface area is 98.7 Å². The van der Waals surface area contributed by atoms with Crippen LogP contribution in [0.5, 0.6) is 0 Å². The van der Waals surface area contributed by atoms with Crippen LogP contribution in [0.25, 0.3) is 0 Å². The maximum Gasteiger partial charge on any atom is 0.252 e. The predicted molar refractivity (Wildman–Crippen MR) is 60.8 cm³/mol. The quantitative estimate of drug-likeness (QED) is 0.824. The molecule has 2 N–H and O–H groups in total. The van der Waals surface area contributed by atoms with E-state index in [4.69, 9.17) is 11.0 Å². The highest BCUT2D eigenvalue weighted by atomic mass is 15.4. The van der Waals surface area contributed by atoms with Crippen LogP contribution in [0, 0.1) is 11.3 Å². The summed E-state index contributed by atoms with van der Waals surface area (Å²) in [6, 6.07) is 7.09. The fourth-order valence-corrected chi connectivity index (χ4v) is 1.66. The Morgan fingerprint density at radius 1 is 1.41 bits per heavy atom. The Morgan fingerprint density at radius 3 is 2.76 bits per heavy atom. The van der Waals surface area contributed by atoms with E-state index in [1.54, 1.807) is 10.9 Å². The molecule has 2 heterocycles. The van der Waals surface area contributed by atoms with Gasteiger partial charge in [-0.1, -0.05) is 6.07 Å². The van der Waals surface area contributed by atoms with E-state index in [0.29, 0.717) is 0 Å². The standard InChI is InChI=1S/C11H12N6/c1-8(13)11(9-4-2-3-5-14-9)17-7-15-10(6-12)16-17/h2-5,7-8,11H,13H2,1H3. The molecule has 0 aliphatic carbocycles. The Hall–Kier alpha value is -2.26. The Bertz CT molecular complexity index is 524. The van der Waals surface area contributed by atoms with Crippen molar-refractivity contribution in [3.63, 3.8) is 0 Å². The van der Waals surface area contributed by atoms with Gasteiger partial charge in [-0.05, 0) is 19.1 Å². The maximum absolute atomic E-state index is 8.71. The number of nitriles is 1. The van der Waals surface area contributed by atoms with Crippen LogP contribution in [-0.2, 0) is 0 Å². The zero-order valence-corrected chi connectivity index (χ0v) is 9.35. The first-order chi connectivity index (χ1) is 8.22. The molecule has 2 unspecified atom stereocenters. The number of hydrogen-bond acceptors (Lipinski definition) is 5. The lowest BCUT2D eigenvalue weighted by molar-refractivity contribution is 0.443. The van der Waals surface area contributed by atoms with Crippen molar-refractivity contribution >= 4 is 0 Å². The monoisotopic (exact) mass is 228 g/mol. The van der Waals surface area contributed by atoms with Crippen molar-refractivity contribution in [2.75, 3.05) is 0 Å². The minimum Gasteiger partial charge on any atom is -0.326 e. The van der Waals surface area contributed by atoms with E-state index in [2.05, 4.69) is 15.1 Å². The molecule has 2 atom stereocenters. The molecule has 0 saturated carbocycles. The van der Waals surface area contributed by atoms with Gasteiger partial charge in [-0.25, -0.2) is 9.67 Å². The fourth-order valence-electron chi connectivity index (χ4n) is 1.66. The van der Waals surface area contributed by atoms with Gasteiger partial charge in [0.05, 0.1) is 5.69 Å². The van der Waals surface area contributed by atoms with Crippen LogP contribution in [0.3, 0.4) is 0 Å². The summed E-state index contributed by atoms with van der Waals surface area (Å²) in [5.41, 5.74) is 6.74. The number of pyridine rings is 1. The lowest BCUT2D eigenvalue weighted by atomic mass is 10.1. The van der Waals surface area contributed by atoms with Gasteiger partial charge in [0, 0.05) is 12.2 Å². The number of nitrogens with two attached hydrogens (primary N) is 1. The molecule has 0 aliphatic heterocycles. The fraction of sp³-hybridized carbons (Fsp3) is 0.273. The molecule has 0 aromatic carbocycles. The second-order valence-electron chi connectivity index (χ2n) is 3.72. The number of aromatic nitrogens is 4. The topological polar surface area (TPSA) is 93.4 Å². The van der Waals surface area contributed by atoms with E-state index >= 15 is 0 Å². The van der Waals surface area contributed by atoms with Crippen molar-refractivity contribution in [3.8, 4) is 6.07 Å². The number of hydrogen-bond donors (Lipinski definition) is 1. The molecular formula is C11H12N6. The molecule has 2 aromatic heterocycles. The third kappa shape index (κ3) is 2.29. The summed E-state index contributed by atoms with van der Waals surface area (Å²) in [7, 11) is 0. The molecule has 0 aliphatic rings. The Morgan fingerprint density at radius 2 is 2.24 bits per heavy atom. The average molecular weight is 228 g/mol. The molecule has 0 fully saturated rings. The van der Waals surface area contributed by atoms with Crippen molar-refractivity contribution in [2.24, 2.45) is 5.73 Å². The van der Waals surface area contributed by atoms with Gasteiger partial charge in [0.1, 0.15) is 18.4 Å². The van der Waals surface area contributed by atoms with Crippen molar-refractivity contribution < 1.29 is 0 Å². The molecule has 17 heavy (non-hydrogen) atoms. The van der Waals surface area contributed by atoms with Gasteiger partial charge in [0.2, 0.25) is 0 Å². The van der Waals surface area contributed by atoms with Crippen LogP contribution in [0.1, 0.15) is 24.5 Å². The van der Waals surface area contributed by atoms with Gasteiger partial charge in [-0.3, -0.25) is 4.98 Å². The van der Waals surface area contributed by atoms with Crippen LogP contribution < -0.4 is 5.73 Å². The number of nitrogens with zero attached hydrogens (tertiary/aromatic N) is 5. The Kier molecular flexibility index (Phi) is 3.12. The maximum atomic E-state index is 8.71. The SMILES string of the molecule is CC(N)C(c1ccccn1)n1cnc(C#N)n1. The second-order valence-corrected chi connectivity index (χ2v) is 3.72. The van der Waals surface area contributed by atoms with Crippen molar-refractivity contribution in [2.45, 2.75) is 19.0 Å². The zero-order chi connectivity index (χ0) is 12.3. The van der Waals surface area contributed by atoms with Crippen molar-refractivity contribution in [1.29, 1.82) is 5.26 Å².